The highest BCUT2D eigenvalue weighted by Crippen LogP contribution is 2.26. The van der Waals surface area contributed by atoms with Crippen LogP contribution < -0.4 is 5.32 Å². The first-order chi connectivity index (χ1) is 12.5. The first-order valence-electron chi connectivity index (χ1n) is 8.75. The molecule has 2 heterocycles. The second kappa shape index (κ2) is 7.90. The Balaban J connectivity index is 1.77. The number of hydrogen-bond donors (Lipinski definition) is 2. The van der Waals surface area contributed by atoms with Gasteiger partial charge in [-0.25, -0.2) is 4.98 Å². The number of aromatic nitrogens is 5. The molecule has 0 aliphatic rings. The fourth-order valence-corrected chi connectivity index (χ4v) is 3.50. The zero-order valence-electron chi connectivity index (χ0n) is 15.4. The number of imidazole rings is 1. The Labute approximate surface area is 157 Å². The molecule has 138 valence electrons. The van der Waals surface area contributed by atoms with Gasteiger partial charge in [-0.05, 0) is 25.0 Å². The fraction of sp³-hybridized carbons (Fsp3) is 0.444. The molecule has 0 saturated carbocycles. The van der Waals surface area contributed by atoms with E-state index in [2.05, 4.69) is 39.3 Å². The Hall–Kier alpha value is -2.35. The third-order valence-electron chi connectivity index (χ3n) is 4.53. The first-order valence-corrected chi connectivity index (χ1v) is 9.63. The number of H-pyrrole nitrogens is 1. The van der Waals surface area contributed by atoms with Gasteiger partial charge in [0.15, 0.2) is 5.16 Å². The summed E-state index contributed by atoms with van der Waals surface area (Å²) in [4.78, 5) is 20.8. The highest BCUT2D eigenvalue weighted by Gasteiger charge is 2.26. The van der Waals surface area contributed by atoms with Crippen molar-refractivity contribution in [3.05, 3.63) is 36.4 Å². The molecule has 2 N–H and O–H groups in total. The number of aryl methyl sites for hydroxylation is 1. The number of rotatable bonds is 7. The van der Waals surface area contributed by atoms with Crippen molar-refractivity contribution >= 4 is 28.7 Å². The molecule has 2 aromatic heterocycles. The molecule has 0 radical (unpaired) electrons. The average Bonchev–Trinajstić information content (AvgIpc) is 3.24. The van der Waals surface area contributed by atoms with Gasteiger partial charge in [0.25, 0.3) is 0 Å². The lowest BCUT2D eigenvalue weighted by atomic mass is 9.98. The highest BCUT2D eigenvalue weighted by molar-refractivity contribution is 8.00. The molecule has 3 rings (SSSR count). The molecule has 0 saturated heterocycles. The van der Waals surface area contributed by atoms with Crippen LogP contribution in [-0.2, 0) is 11.8 Å². The normalized spacial score (nSPS) is 14.9. The van der Waals surface area contributed by atoms with Crippen molar-refractivity contribution in [2.45, 2.75) is 43.6 Å². The molecule has 0 spiro atoms. The highest BCUT2D eigenvalue weighted by atomic mass is 32.2. The van der Waals surface area contributed by atoms with E-state index < -0.39 is 0 Å². The van der Waals surface area contributed by atoms with E-state index in [1.807, 2.05) is 38.2 Å². The number of carbonyl (C=O) groups is 1. The largest absolute Gasteiger partial charge is 0.345 e. The summed E-state index contributed by atoms with van der Waals surface area (Å²) in [5.41, 5.74) is 1.89. The average molecular weight is 372 g/mol. The zero-order valence-corrected chi connectivity index (χ0v) is 16.2. The smallest absolute Gasteiger partial charge is 0.233 e. The van der Waals surface area contributed by atoms with Crippen LogP contribution in [0.5, 0.6) is 0 Å². The molecular weight excluding hydrogens is 348 g/mol. The molecule has 0 unspecified atom stereocenters. The van der Waals surface area contributed by atoms with Crippen molar-refractivity contribution in [1.82, 2.24) is 30.0 Å². The molecule has 8 heteroatoms. The number of para-hydroxylation sites is 2. The van der Waals surface area contributed by atoms with Crippen LogP contribution in [0.4, 0.5) is 0 Å². The van der Waals surface area contributed by atoms with Gasteiger partial charge in [-0.1, -0.05) is 44.2 Å². The Morgan fingerprint density at radius 1 is 1.35 bits per heavy atom. The molecular formula is C18H24N6OS. The summed E-state index contributed by atoms with van der Waals surface area (Å²) in [6.45, 7) is 6.11. The molecule has 1 aromatic carbocycles. The predicted molar refractivity (Wildman–Crippen MR) is 103 cm³/mol. The topological polar surface area (TPSA) is 88.5 Å². The number of nitrogens with one attached hydrogen (secondary N) is 2. The second-order valence-corrected chi connectivity index (χ2v) is 7.80. The maximum absolute atomic E-state index is 12.8. The summed E-state index contributed by atoms with van der Waals surface area (Å²) < 4.78 is 1.81. The molecule has 0 aliphatic heterocycles. The van der Waals surface area contributed by atoms with Crippen molar-refractivity contribution in [2.75, 3.05) is 0 Å². The number of hydrogen-bond acceptors (Lipinski definition) is 5. The van der Waals surface area contributed by atoms with Gasteiger partial charge in [-0.2, -0.15) is 0 Å². The first kappa shape index (κ1) is 18.4. The molecule has 3 atom stereocenters. The van der Waals surface area contributed by atoms with Gasteiger partial charge in [-0.15, -0.1) is 10.2 Å². The van der Waals surface area contributed by atoms with Crippen molar-refractivity contribution in [3.63, 3.8) is 0 Å². The van der Waals surface area contributed by atoms with E-state index in [0.717, 1.165) is 28.4 Å². The molecule has 0 bridgehead atoms. The number of thioether (sulfide) groups is 1. The van der Waals surface area contributed by atoms with E-state index in [4.69, 9.17) is 0 Å². The van der Waals surface area contributed by atoms with Crippen LogP contribution >= 0.6 is 11.8 Å². The maximum atomic E-state index is 12.8. The monoisotopic (exact) mass is 372 g/mol. The van der Waals surface area contributed by atoms with E-state index in [9.17, 15) is 4.79 Å². The molecule has 26 heavy (non-hydrogen) atoms. The number of carbonyl (C=O) groups excluding carboxylic acids is 1. The van der Waals surface area contributed by atoms with Gasteiger partial charge in [0.2, 0.25) is 5.91 Å². The summed E-state index contributed by atoms with van der Waals surface area (Å²) in [6.07, 6.45) is 2.57. The number of aromatic amines is 1. The van der Waals surface area contributed by atoms with Crippen molar-refractivity contribution < 1.29 is 4.79 Å². The van der Waals surface area contributed by atoms with E-state index >= 15 is 0 Å². The summed E-state index contributed by atoms with van der Waals surface area (Å²) in [6, 6.07) is 7.73. The van der Waals surface area contributed by atoms with Crippen LogP contribution in [0.25, 0.3) is 11.0 Å². The van der Waals surface area contributed by atoms with Gasteiger partial charge in [0.1, 0.15) is 12.2 Å². The van der Waals surface area contributed by atoms with Gasteiger partial charge in [-0.3, -0.25) is 4.79 Å². The van der Waals surface area contributed by atoms with Crippen LogP contribution in [0.15, 0.2) is 35.7 Å². The predicted octanol–water partition coefficient (Wildman–Crippen LogP) is 3.08. The fourth-order valence-electron chi connectivity index (χ4n) is 2.70. The molecule has 7 nitrogen and oxygen atoms in total. The van der Waals surface area contributed by atoms with Crippen molar-refractivity contribution in [3.8, 4) is 0 Å². The quantitative estimate of drug-likeness (QED) is 0.622. The lowest BCUT2D eigenvalue weighted by Gasteiger charge is -2.24. The summed E-state index contributed by atoms with van der Waals surface area (Å²) in [7, 11) is 1.86. The Morgan fingerprint density at radius 2 is 2.12 bits per heavy atom. The Kier molecular flexibility index (Phi) is 5.61. The maximum Gasteiger partial charge on any atom is 0.233 e. The summed E-state index contributed by atoms with van der Waals surface area (Å²) >= 11 is 1.39. The molecule has 3 aromatic rings. The number of benzene rings is 1. The van der Waals surface area contributed by atoms with E-state index in [0.29, 0.717) is 0 Å². The Morgan fingerprint density at radius 3 is 2.77 bits per heavy atom. The molecule has 0 aliphatic carbocycles. The van der Waals surface area contributed by atoms with Crippen LogP contribution in [0.3, 0.4) is 0 Å². The summed E-state index contributed by atoms with van der Waals surface area (Å²) in [5.74, 6) is 1.01. The minimum absolute atomic E-state index is 0.0382. The Bertz CT molecular complexity index is 856. The molecule has 0 fully saturated rings. The minimum atomic E-state index is -0.283. The van der Waals surface area contributed by atoms with Crippen molar-refractivity contribution in [1.29, 1.82) is 0 Å². The van der Waals surface area contributed by atoms with Crippen LogP contribution in [-0.4, -0.2) is 35.9 Å². The number of amides is 1. The minimum Gasteiger partial charge on any atom is -0.345 e. The van der Waals surface area contributed by atoms with E-state index in [-0.39, 0.29) is 23.1 Å². The number of nitrogens with zero attached hydrogens (tertiary/aromatic N) is 4. The van der Waals surface area contributed by atoms with Crippen LogP contribution in [0.2, 0.25) is 0 Å². The van der Waals surface area contributed by atoms with Crippen LogP contribution in [0.1, 0.15) is 39.1 Å². The lowest BCUT2D eigenvalue weighted by Crippen LogP contribution is -2.37. The van der Waals surface area contributed by atoms with Gasteiger partial charge < -0.3 is 14.9 Å². The van der Waals surface area contributed by atoms with Gasteiger partial charge >= 0.3 is 0 Å². The zero-order chi connectivity index (χ0) is 18.7. The second-order valence-electron chi connectivity index (χ2n) is 6.50. The van der Waals surface area contributed by atoms with Crippen molar-refractivity contribution in [2.24, 2.45) is 13.0 Å². The SMILES string of the molecule is CC[C@H](C)[C@H](NC(=O)[C@@H](C)Sc1nncn1C)c1nc2ccccc2[nH]1. The standard InChI is InChI=1S/C18H24N6OS/c1-5-11(2)15(16-20-13-8-6-7-9-14(13)21-16)22-17(25)12(3)26-18-23-19-10-24(18)4/h6-12,15H,5H2,1-4H3,(H,20,21)(H,22,25)/t11-,12+,15-/m0/s1. The summed E-state index contributed by atoms with van der Waals surface area (Å²) in [5, 5.41) is 11.5. The van der Waals surface area contributed by atoms with Gasteiger partial charge in [0, 0.05) is 7.05 Å². The van der Waals surface area contributed by atoms with Crippen LogP contribution in [0, 0.1) is 5.92 Å². The number of fused-ring (bicyclic) bond motifs is 1. The van der Waals surface area contributed by atoms with Gasteiger partial charge in [0.05, 0.1) is 22.3 Å². The van der Waals surface area contributed by atoms with E-state index in [1.165, 1.54) is 11.8 Å². The molecule has 1 amide bonds. The van der Waals surface area contributed by atoms with E-state index in [1.54, 1.807) is 10.9 Å². The third kappa shape index (κ3) is 3.90. The third-order valence-corrected chi connectivity index (χ3v) is 5.68. The lowest BCUT2D eigenvalue weighted by molar-refractivity contribution is -0.121.